The van der Waals surface area contributed by atoms with Gasteiger partial charge in [0.2, 0.25) is 0 Å². The molecule has 0 saturated heterocycles. The van der Waals surface area contributed by atoms with Crippen molar-refractivity contribution in [1.29, 1.82) is 0 Å². The maximum atomic E-state index is 5.92. The molecule has 0 bridgehead atoms. The Morgan fingerprint density at radius 2 is 2.06 bits per heavy atom. The van der Waals surface area contributed by atoms with Crippen molar-refractivity contribution in [2.45, 2.75) is 6.92 Å². The maximum Gasteiger partial charge on any atom is 0.0684 e. The topological polar surface area (TPSA) is 12.5 Å². The van der Waals surface area contributed by atoms with E-state index in [1.54, 1.807) is 7.11 Å². The molecule has 0 atom stereocenters. The van der Waals surface area contributed by atoms with Gasteiger partial charge in [0.05, 0.1) is 18.2 Å². The summed E-state index contributed by atoms with van der Waals surface area (Å²) in [6.45, 7) is 3.85. The molecule has 0 aromatic heterocycles. The van der Waals surface area contributed by atoms with E-state index in [9.17, 15) is 0 Å². The second-order valence-corrected chi connectivity index (χ2v) is 5.54. The van der Waals surface area contributed by atoms with Crippen LogP contribution in [0.1, 0.15) is 12.5 Å². The van der Waals surface area contributed by atoms with E-state index in [4.69, 9.17) is 16.3 Å². The fourth-order valence-electron chi connectivity index (χ4n) is 1.90. The quantitative estimate of drug-likeness (QED) is 0.827. The van der Waals surface area contributed by atoms with Gasteiger partial charge in [0.25, 0.3) is 0 Å². The van der Waals surface area contributed by atoms with E-state index in [0.717, 1.165) is 24.1 Å². The number of rotatable bonds is 4. The van der Waals surface area contributed by atoms with Gasteiger partial charge in [-0.3, -0.25) is 0 Å². The maximum absolute atomic E-state index is 5.92. The fourth-order valence-corrected chi connectivity index (χ4v) is 3.02. The average Bonchev–Trinajstić information content (AvgIpc) is 2.69. The molecule has 0 radical (unpaired) electrons. The van der Waals surface area contributed by atoms with Crippen molar-refractivity contribution in [3.05, 3.63) is 39.8 Å². The third kappa shape index (κ3) is 2.97. The Balaban J connectivity index is 2.21. The molecule has 2 nitrogen and oxygen atoms in total. The molecule has 4 heteroatoms. The predicted octanol–water partition coefficient (Wildman–Crippen LogP) is 3.68. The summed E-state index contributed by atoms with van der Waals surface area (Å²) in [6, 6.07) is 8.03. The van der Waals surface area contributed by atoms with Crippen LogP contribution in [0, 0.1) is 0 Å². The van der Waals surface area contributed by atoms with Crippen LogP contribution >= 0.6 is 23.4 Å². The van der Waals surface area contributed by atoms with Gasteiger partial charge in [0.15, 0.2) is 0 Å². The average molecular weight is 270 g/mol. The lowest BCUT2D eigenvalue weighted by Crippen LogP contribution is -2.22. The van der Waals surface area contributed by atoms with Gasteiger partial charge in [-0.1, -0.05) is 23.7 Å². The lowest BCUT2D eigenvalue weighted by Gasteiger charge is -2.21. The Morgan fingerprint density at radius 1 is 1.35 bits per heavy atom. The van der Waals surface area contributed by atoms with Crippen molar-refractivity contribution < 1.29 is 4.74 Å². The third-order valence-electron chi connectivity index (χ3n) is 2.77. The number of hydrogen-bond acceptors (Lipinski definition) is 3. The zero-order valence-electron chi connectivity index (χ0n) is 10.1. The van der Waals surface area contributed by atoms with E-state index in [1.165, 1.54) is 16.2 Å². The van der Waals surface area contributed by atoms with Gasteiger partial charge in [0, 0.05) is 23.6 Å². The third-order valence-corrected chi connectivity index (χ3v) is 4.09. The van der Waals surface area contributed by atoms with Gasteiger partial charge in [-0.25, -0.2) is 0 Å². The summed E-state index contributed by atoms with van der Waals surface area (Å²) in [5.41, 5.74) is 2.54. The molecule has 0 fully saturated rings. The highest BCUT2D eigenvalue weighted by Crippen LogP contribution is 2.37. The summed E-state index contributed by atoms with van der Waals surface area (Å²) in [7, 11) is 1.74. The zero-order chi connectivity index (χ0) is 12.3. The first kappa shape index (κ1) is 12.8. The van der Waals surface area contributed by atoms with Crippen molar-refractivity contribution in [2.75, 3.05) is 26.1 Å². The number of hydrogen-bond donors (Lipinski definition) is 0. The molecule has 0 aliphatic carbocycles. The van der Waals surface area contributed by atoms with Crippen LogP contribution in [0.3, 0.4) is 0 Å². The molecule has 0 saturated carbocycles. The standard InChI is InChI=1S/C13H16ClNOS/c1-10-13(11-3-5-12(14)6-4-11)15(9-17-10)7-8-16-2/h3-6H,7-9H2,1-2H3. The van der Waals surface area contributed by atoms with E-state index in [1.807, 2.05) is 23.9 Å². The summed E-state index contributed by atoms with van der Waals surface area (Å²) in [5, 5.41) is 0.779. The van der Waals surface area contributed by atoms with Crippen molar-refractivity contribution in [2.24, 2.45) is 0 Å². The summed E-state index contributed by atoms with van der Waals surface area (Å²) < 4.78 is 5.15. The van der Waals surface area contributed by atoms with Gasteiger partial charge >= 0.3 is 0 Å². The molecule has 0 amide bonds. The normalized spacial score (nSPS) is 15.8. The molecule has 17 heavy (non-hydrogen) atoms. The van der Waals surface area contributed by atoms with Crippen molar-refractivity contribution in [3.63, 3.8) is 0 Å². The van der Waals surface area contributed by atoms with E-state index in [0.29, 0.717) is 0 Å². The minimum Gasteiger partial charge on any atom is -0.383 e. The van der Waals surface area contributed by atoms with Crippen molar-refractivity contribution >= 4 is 29.1 Å². The van der Waals surface area contributed by atoms with Crippen LogP contribution in [0.15, 0.2) is 29.2 Å². The molecule has 1 heterocycles. The molecule has 0 unspecified atom stereocenters. The molecule has 1 aromatic carbocycles. The fraction of sp³-hybridized carbons (Fsp3) is 0.385. The summed E-state index contributed by atoms with van der Waals surface area (Å²) >= 11 is 7.80. The zero-order valence-corrected chi connectivity index (χ0v) is 11.6. The van der Waals surface area contributed by atoms with Crippen molar-refractivity contribution in [3.8, 4) is 0 Å². The second kappa shape index (κ2) is 5.80. The van der Waals surface area contributed by atoms with E-state index < -0.39 is 0 Å². The Hall–Kier alpha value is -0.640. The van der Waals surface area contributed by atoms with Gasteiger partial charge in [-0.05, 0) is 24.6 Å². The first-order valence-electron chi connectivity index (χ1n) is 5.56. The van der Waals surface area contributed by atoms with E-state index in [2.05, 4.69) is 24.0 Å². The lowest BCUT2D eigenvalue weighted by atomic mass is 10.1. The molecule has 0 N–H and O–H groups in total. The van der Waals surface area contributed by atoms with Crippen LogP contribution in [0.5, 0.6) is 0 Å². The Labute approximate surface area is 112 Å². The highest BCUT2D eigenvalue weighted by atomic mass is 35.5. The molecule has 92 valence electrons. The second-order valence-electron chi connectivity index (χ2n) is 3.94. The SMILES string of the molecule is COCCN1CSC(C)=C1c1ccc(Cl)cc1. The minimum absolute atomic E-state index is 0.755. The van der Waals surface area contributed by atoms with E-state index in [-0.39, 0.29) is 0 Å². The van der Waals surface area contributed by atoms with Crippen LogP contribution in [-0.4, -0.2) is 31.0 Å². The highest BCUT2D eigenvalue weighted by Gasteiger charge is 2.21. The van der Waals surface area contributed by atoms with Crippen molar-refractivity contribution in [1.82, 2.24) is 4.90 Å². The van der Waals surface area contributed by atoms with Gasteiger partial charge in [-0.2, -0.15) is 0 Å². The summed E-state index contributed by atoms with van der Waals surface area (Å²) in [6.07, 6.45) is 0. The summed E-state index contributed by atoms with van der Waals surface area (Å²) in [5.74, 6) is 1.01. The van der Waals surface area contributed by atoms with E-state index >= 15 is 0 Å². The number of benzene rings is 1. The molecule has 1 aliphatic rings. The largest absolute Gasteiger partial charge is 0.383 e. The van der Waals surface area contributed by atoms with Crippen LogP contribution in [0.4, 0.5) is 0 Å². The summed E-state index contributed by atoms with van der Waals surface area (Å²) in [4.78, 5) is 3.72. The molecule has 1 aromatic rings. The Kier molecular flexibility index (Phi) is 4.37. The molecule has 1 aliphatic heterocycles. The Morgan fingerprint density at radius 3 is 2.71 bits per heavy atom. The number of methoxy groups -OCH3 is 1. The number of nitrogens with zero attached hydrogens (tertiary/aromatic N) is 1. The van der Waals surface area contributed by atoms with Crippen LogP contribution < -0.4 is 0 Å². The first-order chi connectivity index (χ1) is 8.22. The first-order valence-corrected chi connectivity index (χ1v) is 6.92. The smallest absolute Gasteiger partial charge is 0.0684 e. The van der Waals surface area contributed by atoms with Gasteiger partial charge in [-0.15, -0.1) is 11.8 Å². The van der Waals surface area contributed by atoms with Crippen LogP contribution in [0.2, 0.25) is 5.02 Å². The Bertz CT molecular complexity index is 416. The number of thioether (sulfide) groups is 1. The lowest BCUT2D eigenvalue weighted by molar-refractivity contribution is 0.179. The number of ether oxygens (including phenoxy) is 1. The van der Waals surface area contributed by atoms with Gasteiger partial charge < -0.3 is 9.64 Å². The number of allylic oxidation sites excluding steroid dienone is 1. The molecular weight excluding hydrogens is 254 g/mol. The monoisotopic (exact) mass is 269 g/mol. The van der Waals surface area contributed by atoms with Crippen LogP contribution in [-0.2, 0) is 4.74 Å². The van der Waals surface area contributed by atoms with Crippen LogP contribution in [0.25, 0.3) is 5.70 Å². The highest BCUT2D eigenvalue weighted by molar-refractivity contribution is 8.03. The molecular formula is C13H16ClNOS. The number of halogens is 1. The minimum atomic E-state index is 0.755. The predicted molar refractivity (Wildman–Crippen MR) is 75.1 cm³/mol. The molecule has 0 spiro atoms. The molecule has 2 rings (SSSR count). The van der Waals surface area contributed by atoms with Gasteiger partial charge in [0.1, 0.15) is 0 Å².